The second-order valence-electron chi connectivity index (χ2n) is 7.78. The monoisotopic (exact) mass is 466 g/mol. The van der Waals surface area contributed by atoms with Gasteiger partial charge < -0.3 is 20.3 Å². The van der Waals surface area contributed by atoms with Crippen LogP contribution in [0.2, 0.25) is 0 Å². The number of carbonyl (C=O) groups is 3. The van der Waals surface area contributed by atoms with Crippen molar-refractivity contribution in [2.45, 2.75) is 24.5 Å². The molecule has 0 radical (unpaired) electrons. The molecule has 2 aromatic rings. The fraction of sp³-hybridized carbons (Fsp3) is 0.333. The Morgan fingerprint density at radius 1 is 1.06 bits per heavy atom. The van der Waals surface area contributed by atoms with Gasteiger partial charge >= 0.3 is 0 Å². The van der Waals surface area contributed by atoms with Crippen LogP contribution >= 0.6 is 11.8 Å². The molecule has 3 amide bonds. The predicted molar refractivity (Wildman–Crippen MR) is 129 cm³/mol. The number of rotatable bonds is 8. The van der Waals surface area contributed by atoms with Crippen LogP contribution in [0.25, 0.3) is 0 Å². The van der Waals surface area contributed by atoms with Crippen LogP contribution in [0.5, 0.6) is 5.75 Å². The van der Waals surface area contributed by atoms with Crippen molar-refractivity contribution in [3.05, 3.63) is 60.2 Å². The largest absolute Gasteiger partial charge is 0.492 e. The van der Waals surface area contributed by atoms with E-state index < -0.39 is 5.25 Å². The number of amidine groups is 1. The molecular formula is C24H26N4O4S. The van der Waals surface area contributed by atoms with Gasteiger partial charge in [0.1, 0.15) is 17.6 Å². The summed E-state index contributed by atoms with van der Waals surface area (Å²) in [5.74, 6) is 0.0294. The van der Waals surface area contributed by atoms with Gasteiger partial charge in [0.15, 0.2) is 5.17 Å². The summed E-state index contributed by atoms with van der Waals surface area (Å²) >= 11 is 1.37. The Kier molecular flexibility index (Phi) is 7.62. The van der Waals surface area contributed by atoms with Gasteiger partial charge in [-0.15, -0.1) is 0 Å². The molecule has 1 saturated heterocycles. The molecule has 0 spiro atoms. The van der Waals surface area contributed by atoms with E-state index in [1.165, 1.54) is 11.8 Å². The summed E-state index contributed by atoms with van der Waals surface area (Å²) in [5, 5.41) is 5.84. The number of hydrogen-bond donors (Lipinski definition) is 2. The van der Waals surface area contributed by atoms with Crippen molar-refractivity contribution in [2.24, 2.45) is 4.99 Å². The minimum atomic E-state index is -0.483. The molecule has 2 heterocycles. The van der Waals surface area contributed by atoms with Crippen LogP contribution in [-0.2, 0) is 9.59 Å². The Morgan fingerprint density at radius 3 is 2.52 bits per heavy atom. The fourth-order valence-corrected chi connectivity index (χ4v) is 4.71. The quantitative estimate of drug-likeness (QED) is 0.581. The zero-order chi connectivity index (χ0) is 23.0. The Hall–Kier alpha value is -3.33. The molecule has 8 nitrogen and oxygen atoms in total. The first kappa shape index (κ1) is 22.8. The Balaban J connectivity index is 1.19. The molecule has 9 heteroatoms. The number of carbonyl (C=O) groups excluding carboxylic acids is 3. The minimum absolute atomic E-state index is 0.0635. The molecular weight excluding hydrogens is 440 g/mol. The lowest BCUT2D eigenvalue weighted by molar-refractivity contribution is -0.121. The van der Waals surface area contributed by atoms with E-state index in [1.807, 2.05) is 30.3 Å². The zero-order valence-electron chi connectivity index (χ0n) is 18.2. The van der Waals surface area contributed by atoms with Crippen molar-refractivity contribution in [2.75, 3.05) is 31.6 Å². The smallest absolute Gasteiger partial charge is 0.262 e. The Morgan fingerprint density at radius 2 is 1.79 bits per heavy atom. The number of aliphatic imine (C=N–C) groups is 1. The van der Waals surface area contributed by atoms with E-state index in [9.17, 15) is 14.4 Å². The van der Waals surface area contributed by atoms with E-state index in [0.29, 0.717) is 24.4 Å². The topological polar surface area (TPSA) is 100 Å². The maximum atomic E-state index is 12.4. The van der Waals surface area contributed by atoms with E-state index in [2.05, 4.69) is 20.5 Å². The van der Waals surface area contributed by atoms with Crippen LogP contribution < -0.4 is 15.4 Å². The lowest BCUT2D eigenvalue weighted by atomic mass is 10.2. The first-order valence-corrected chi connectivity index (χ1v) is 11.9. The normalized spacial score (nSPS) is 17.6. The predicted octanol–water partition coefficient (Wildman–Crippen LogP) is 2.92. The average molecular weight is 467 g/mol. The number of nitrogens with one attached hydrogen (secondary N) is 2. The van der Waals surface area contributed by atoms with Crippen LogP contribution in [0.1, 0.15) is 29.6 Å². The highest BCUT2D eigenvalue weighted by Crippen LogP contribution is 2.29. The van der Waals surface area contributed by atoms with Crippen LogP contribution in [0.3, 0.4) is 0 Å². The van der Waals surface area contributed by atoms with Gasteiger partial charge in [0.2, 0.25) is 5.91 Å². The van der Waals surface area contributed by atoms with Gasteiger partial charge in [0.25, 0.3) is 11.8 Å². The maximum Gasteiger partial charge on any atom is 0.262 e. The second kappa shape index (κ2) is 11.0. The first-order valence-electron chi connectivity index (χ1n) is 11.0. The summed E-state index contributed by atoms with van der Waals surface area (Å²) in [7, 11) is 0. The van der Waals surface area contributed by atoms with Crippen molar-refractivity contribution in [3.63, 3.8) is 0 Å². The van der Waals surface area contributed by atoms with Crippen molar-refractivity contribution in [1.82, 2.24) is 10.2 Å². The van der Waals surface area contributed by atoms with Gasteiger partial charge in [0, 0.05) is 30.8 Å². The van der Waals surface area contributed by atoms with Gasteiger partial charge in [-0.3, -0.25) is 14.4 Å². The van der Waals surface area contributed by atoms with Crippen LogP contribution in [0.15, 0.2) is 59.6 Å². The summed E-state index contributed by atoms with van der Waals surface area (Å²) < 4.78 is 5.55. The van der Waals surface area contributed by atoms with Crippen molar-refractivity contribution >= 4 is 40.3 Å². The van der Waals surface area contributed by atoms with Gasteiger partial charge in [-0.05, 0) is 49.2 Å². The molecule has 172 valence electrons. The highest BCUT2D eigenvalue weighted by molar-refractivity contribution is 8.15. The lowest BCUT2D eigenvalue weighted by Gasteiger charge is -2.16. The van der Waals surface area contributed by atoms with Gasteiger partial charge in [0.05, 0.1) is 6.54 Å². The van der Waals surface area contributed by atoms with Gasteiger partial charge in [-0.1, -0.05) is 30.0 Å². The van der Waals surface area contributed by atoms with E-state index in [1.54, 1.807) is 24.3 Å². The number of benzene rings is 2. The number of amides is 3. The van der Waals surface area contributed by atoms with Crippen molar-refractivity contribution in [1.29, 1.82) is 0 Å². The lowest BCUT2D eigenvalue weighted by Crippen LogP contribution is -2.28. The minimum Gasteiger partial charge on any atom is -0.492 e. The summed E-state index contributed by atoms with van der Waals surface area (Å²) in [5.41, 5.74) is 1.05. The standard InChI is InChI=1S/C24H26N4O4S/c29-21(16-20-23(31)27-24(33-20)28-13-4-5-14-28)26-18-10-8-17(9-11-18)22(30)25-12-15-32-19-6-2-1-3-7-19/h1-3,6-11,20H,4-5,12-16H2,(H,25,30)(H,26,29)/t20-/m0/s1. The molecule has 2 aromatic carbocycles. The van der Waals surface area contributed by atoms with Gasteiger partial charge in [-0.25, -0.2) is 0 Å². The molecule has 0 aliphatic carbocycles. The average Bonchev–Trinajstić information content (AvgIpc) is 3.48. The van der Waals surface area contributed by atoms with E-state index in [4.69, 9.17) is 4.74 Å². The molecule has 1 fully saturated rings. The van der Waals surface area contributed by atoms with Gasteiger partial charge in [-0.2, -0.15) is 4.99 Å². The number of likely N-dealkylation sites (tertiary alicyclic amines) is 1. The highest BCUT2D eigenvalue weighted by atomic mass is 32.2. The first-order chi connectivity index (χ1) is 16.1. The number of hydrogen-bond acceptors (Lipinski definition) is 6. The molecule has 33 heavy (non-hydrogen) atoms. The second-order valence-corrected chi connectivity index (χ2v) is 8.95. The molecule has 2 N–H and O–H groups in total. The molecule has 2 aliphatic heterocycles. The molecule has 1 atom stereocenters. The third-order valence-corrected chi connectivity index (χ3v) is 6.52. The number of anilines is 1. The van der Waals surface area contributed by atoms with E-state index in [-0.39, 0.29) is 24.1 Å². The maximum absolute atomic E-state index is 12.4. The summed E-state index contributed by atoms with van der Waals surface area (Å²) in [4.78, 5) is 43.1. The molecule has 2 aliphatic rings. The molecule has 0 aromatic heterocycles. The van der Waals surface area contributed by atoms with E-state index >= 15 is 0 Å². The zero-order valence-corrected chi connectivity index (χ0v) is 19.0. The molecule has 0 saturated carbocycles. The van der Waals surface area contributed by atoms with Crippen LogP contribution in [-0.4, -0.2) is 59.3 Å². The summed E-state index contributed by atoms with van der Waals surface area (Å²) in [6.07, 6.45) is 2.27. The van der Waals surface area contributed by atoms with E-state index in [0.717, 1.165) is 36.8 Å². The van der Waals surface area contributed by atoms with Crippen molar-refractivity contribution in [3.8, 4) is 5.75 Å². The van der Waals surface area contributed by atoms with Crippen molar-refractivity contribution < 1.29 is 19.1 Å². The summed E-state index contributed by atoms with van der Waals surface area (Å²) in [6.45, 7) is 2.57. The number of para-hydroxylation sites is 1. The Labute approximate surface area is 196 Å². The number of ether oxygens (including phenoxy) is 1. The number of nitrogens with zero attached hydrogens (tertiary/aromatic N) is 2. The van der Waals surface area contributed by atoms with Crippen LogP contribution in [0, 0.1) is 0 Å². The SMILES string of the molecule is O=C(C[C@@H]1SC(N2CCCC2)=NC1=O)Nc1ccc(C(=O)NCCOc2ccccc2)cc1. The number of thioether (sulfide) groups is 1. The molecule has 4 rings (SSSR count). The Bertz CT molecular complexity index is 1020. The van der Waals surface area contributed by atoms with Crippen LogP contribution in [0.4, 0.5) is 5.69 Å². The third-order valence-electron chi connectivity index (χ3n) is 5.31. The summed E-state index contributed by atoms with van der Waals surface area (Å²) in [6, 6.07) is 16.0. The molecule has 0 bridgehead atoms. The molecule has 0 unspecified atom stereocenters. The fourth-order valence-electron chi connectivity index (χ4n) is 3.59. The third kappa shape index (κ3) is 6.35. The highest BCUT2D eigenvalue weighted by Gasteiger charge is 2.33.